The lowest BCUT2D eigenvalue weighted by atomic mass is 10.3. The van der Waals surface area contributed by atoms with Gasteiger partial charge in [-0.2, -0.15) is 0 Å². The number of nitro groups is 1. The Kier molecular flexibility index (Phi) is 4.48. The number of rotatable bonds is 6. The number of amides is 1. The van der Waals surface area contributed by atoms with Crippen molar-refractivity contribution >= 4 is 49.6 Å². The van der Waals surface area contributed by atoms with Crippen molar-refractivity contribution in [3.8, 4) is 0 Å². The predicted octanol–water partition coefficient (Wildman–Crippen LogP) is 1.48. The van der Waals surface area contributed by atoms with Gasteiger partial charge in [0.1, 0.15) is 6.20 Å². The number of carbonyl (C=O) groups excluding carboxylic acids is 2. The quantitative estimate of drug-likeness (QED) is 0.397. The van der Waals surface area contributed by atoms with E-state index >= 15 is 0 Å². The maximum Gasteiger partial charge on any atom is 0.345 e. The van der Waals surface area contributed by atoms with Gasteiger partial charge in [-0.1, -0.05) is 0 Å². The molecule has 0 saturated carbocycles. The maximum atomic E-state index is 11.7. The van der Waals surface area contributed by atoms with Crippen molar-refractivity contribution in [1.29, 1.82) is 0 Å². The first-order valence-electron chi connectivity index (χ1n) is 6.48. The van der Waals surface area contributed by atoms with E-state index in [9.17, 15) is 19.7 Å². The molecule has 0 fully saturated rings. The van der Waals surface area contributed by atoms with E-state index < -0.39 is 23.4 Å². The van der Waals surface area contributed by atoms with Gasteiger partial charge < -0.3 is 4.74 Å². The highest BCUT2D eigenvalue weighted by atomic mass is 32.1. The number of nitrogens with one attached hydrogen (secondary N) is 1. The highest BCUT2D eigenvalue weighted by Gasteiger charge is 2.15. The second-order valence-corrected chi connectivity index (χ2v) is 6.35. The van der Waals surface area contributed by atoms with Crippen molar-refractivity contribution in [1.82, 2.24) is 14.4 Å². The zero-order valence-electron chi connectivity index (χ0n) is 11.9. The minimum atomic E-state index is -0.626. The third kappa shape index (κ3) is 3.72. The van der Waals surface area contributed by atoms with Gasteiger partial charge in [0.15, 0.2) is 16.7 Å². The number of aromatic nitrogens is 3. The Bertz CT molecular complexity index is 885. The number of anilines is 1. The van der Waals surface area contributed by atoms with Gasteiger partial charge >= 0.3 is 11.0 Å². The molecule has 0 aliphatic heterocycles. The van der Waals surface area contributed by atoms with Gasteiger partial charge in [0.25, 0.3) is 5.91 Å². The van der Waals surface area contributed by atoms with E-state index in [1.165, 1.54) is 11.3 Å². The molecule has 0 atom stereocenters. The smallest absolute Gasteiger partial charge is 0.345 e. The van der Waals surface area contributed by atoms with E-state index in [0.717, 1.165) is 11.2 Å². The molecular formula is C12H9N5O5S2. The fourth-order valence-corrected chi connectivity index (χ4v) is 3.14. The Labute approximate surface area is 141 Å². The zero-order valence-corrected chi connectivity index (χ0v) is 13.5. The molecule has 3 aromatic heterocycles. The summed E-state index contributed by atoms with van der Waals surface area (Å²) in [5, 5.41) is 14.6. The maximum absolute atomic E-state index is 11.7. The molecule has 0 aliphatic carbocycles. The Balaban J connectivity index is 1.47. The molecule has 0 aromatic carbocycles. The van der Waals surface area contributed by atoms with Crippen LogP contribution in [0.1, 0.15) is 5.69 Å². The summed E-state index contributed by atoms with van der Waals surface area (Å²) in [6, 6.07) is 0. The van der Waals surface area contributed by atoms with Crippen LogP contribution in [0.15, 0.2) is 24.0 Å². The molecule has 0 saturated heterocycles. The minimum Gasteiger partial charge on any atom is -0.455 e. The van der Waals surface area contributed by atoms with Crippen LogP contribution in [-0.4, -0.2) is 37.8 Å². The Hall–Kier alpha value is -2.86. The number of nitrogens with zero attached hydrogens (tertiary/aromatic N) is 4. The van der Waals surface area contributed by atoms with E-state index in [2.05, 4.69) is 15.3 Å². The molecule has 10 nitrogen and oxygen atoms in total. The number of fused-ring (bicyclic) bond motifs is 1. The summed E-state index contributed by atoms with van der Waals surface area (Å²) in [4.78, 5) is 41.9. The summed E-state index contributed by atoms with van der Waals surface area (Å²) < 4.78 is 6.64. The van der Waals surface area contributed by atoms with E-state index in [-0.39, 0.29) is 16.6 Å². The van der Waals surface area contributed by atoms with E-state index in [1.807, 2.05) is 11.6 Å². The average Bonchev–Trinajstić information content (AvgIpc) is 3.20. The van der Waals surface area contributed by atoms with Crippen molar-refractivity contribution in [2.45, 2.75) is 6.42 Å². The molecule has 3 heterocycles. The minimum absolute atomic E-state index is 0.0512. The van der Waals surface area contributed by atoms with E-state index in [1.54, 1.807) is 10.6 Å². The number of hydrogen-bond donors (Lipinski definition) is 1. The molecule has 0 radical (unpaired) electrons. The molecule has 3 rings (SSSR count). The van der Waals surface area contributed by atoms with Crippen molar-refractivity contribution in [2.75, 3.05) is 11.9 Å². The molecule has 0 bridgehead atoms. The molecule has 0 unspecified atom stereocenters. The first kappa shape index (κ1) is 16.0. The van der Waals surface area contributed by atoms with Gasteiger partial charge in [-0.05, 0) is 11.3 Å². The van der Waals surface area contributed by atoms with Gasteiger partial charge in [-0.3, -0.25) is 29.4 Å². The summed E-state index contributed by atoms with van der Waals surface area (Å²) >= 11 is 2.16. The fourth-order valence-electron chi connectivity index (χ4n) is 1.77. The number of carbonyl (C=O) groups is 2. The van der Waals surface area contributed by atoms with Gasteiger partial charge in [0.2, 0.25) is 0 Å². The van der Waals surface area contributed by atoms with Crippen molar-refractivity contribution in [2.24, 2.45) is 0 Å². The monoisotopic (exact) mass is 367 g/mol. The number of imidazole rings is 1. The van der Waals surface area contributed by atoms with E-state index in [0.29, 0.717) is 17.0 Å². The van der Waals surface area contributed by atoms with Gasteiger partial charge in [-0.15, -0.1) is 11.3 Å². The molecule has 12 heteroatoms. The SMILES string of the molecule is O=C(COC(=O)Cc1cn2ccsc2n1)Nc1ncc([N+](=O)[O-])s1. The summed E-state index contributed by atoms with van der Waals surface area (Å²) in [5.41, 5.74) is 0.544. The highest BCUT2D eigenvalue weighted by molar-refractivity contribution is 7.18. The lowest BCUT2D eigenvalue weighted by Crippen LogP contribution is -2.21. The van der Waals surface area contributed by atoms with Gasteiger partial charge in [-0.25, -0.2) is 9.97 Å². The second kappa shape index (κ2) is 6.72. The molecule has 3 aromatic rings. The van der Waals surface area contributed by atoms with Crippen molar-refractivity contribution < 1.29 is 19.2 Å². The summed E-state index contributed by atoms with van der Waals surface area (Å²) in [6.07, 6.45) is 4.52. The van der Waals surface area contributed by atoms with Crippen LogP contribution in [0.5, 0.6) is 0 Å². The summed E-state index contributed by atoms with van der Waals surface area (Å²) in [5.74, 6) is -1.22. The van der Waals surface area contributed by atoms with Crippen LogP contribution in [0.2, 0.25) is 0 Å². The van der Waals surface area contributed by atoms with Crippen LogP contribution >= 0.6 is 22.7 Å². The number of thiazole rings is 2. The lowest BCUT2D eigenvalue weighted by Gasteiger charge is -2.03. The molecule has 1 N–H and O–H groups in total. The van der Waals surface area contributed by atoms with Crippen LogP contribution < -0.4 is 5.32 Å². The first-order chi connectivity index (χ1) is 11.5. The molecule has 0 aliphatic rings. The molecular weight excluding hydrogens is 358 g/mol. The molecule has 1 amide bonds. The topological polar surface area (TPSA) is 129 Å². The number of ether oxygens (including phenoxy) is 1. The Morgan fingerprint density at radius 2 is 2.29 bits per heavy atom. The summed E-state index contributed by atoms with van der Waals surface area (Å²) in [6.45, 7) is -0.506. The van der Waals surface area contributed by atoms with Crippen LogP contribution in [0.3, 0.4) is 0 Å². The summed E-state index contributed by atoms with van der Waals surface area (Å²) in [7, 11) is 0. The third-order valence-electron chi connectivity index (χ3n) is 2.75. The van der Waals surface area contributed by atoms with Crippen molar-refractivity contribution in [3.05, 3.63) is 39.8 Å². The third-order valence-corrected chi connectivity index (χ3v) is 4.39. The zero-order chi connectivity index (χ0) is 17.1. The Morgan fingerprint density at radius 1 is 1.46 bits per heavy atom. The number of hydrogen-bond acceptors (Lipinski definition) is 9. The van der Waals surface area contributed by atoms with Crippen LogP contribution in [0.25, 0.3) is 4.96 Å². The van der Waals surface area contributed by atoms with E-state index in [4.69, 9.17) is 4.74 Å². The molecule has 124 valence electrons. The highest BCUT2D eigenvalue weighted by Crippen LogP contribution is 2.24. The average molecular weight is 367 g/mol. The Morgan fingerprint density at radius 3 is 3.00 bits per heavy atom. The standard InChI is InChI=1S/C12H9N5O5S2/c18-8(15-11-13-4-9(24-11)17(20)21)6-22-10(19)3-7-5-16-1-2-23-12(16)14-7/h1-2,4-5H,3,6H2,(H,13,15,18). The first-order valence-corrected chi connectivity index (χ1v) is 8.17. The number of esters is 1. The van der Waals surface area contributed by atoms with Gasteiger partial charge in [0.05, 0.1) is 17.0 Å². The lowest BCUT2D eigenvalue weighted by molar-refractivity contribution is -0.380. The largest absolute Gasteiger partial charge is 0.455 e. The molecule has 0 spiro atoms. The fraction of sp³-hybridized carbons (Fsp3) is 0.167. The van der Waals surface area contributed by atoms with Crippen molar-refractivity contribution in [3.63, 3.8) is 0 Å². The van der Waals surface area contributed by atoms with Gasteiger partial charge in [0, 0.05) is 17.8 Å². The molecule has 24 heavy (non-hydrogen) atoms. The normalized spacial score (nSPS) is 10.7. The predicted molar refractivity (Wildman–Crippen MR) is 85.1 cm³/mol. The van der Waals surface area contributed by atoms with Crippen LogP contribution in [-0.2, 0) is 20.7 Å². The van der Waals surface area contributed by atoms with Crippen LogP contribution in [0, 0.1) is 10.1 Å². The second-order valence-electron chi connectivity index (χ2n) is 4.47. The van der Waals surface area contributed by atoms with Crippen LogP contribution in [0.4, 0.5) is 10.1 Å².